The van der Waals surface area contributed by atoms with Crippen molar-refractivity contribution in [3.63, 3.8) is 0 Å². The second kappa shape index (κ2) is 9.88. The zero-order chi connectivity index (χ0) is 22.5. The maximum absolute atomic E-state index is 12.8. The number of benzene rings is 2. The van der Waals surface area contributed by atoms with Gasteiger partial charge < -0.3 is 14.2 Å². The molecule has 0 N–H and O–H groups in total. The van der Waals surface area contributed by atoms with Crippen LogP contribution < -0.4 is 9.47 Å². The number of esters is 1. The molecule has 0 bridgehead atoms. The van der Waals surface area contributed by atoms with E-state index in [4.69, 9.17) is 14.2 Å². The van der Waals surface area contributed by atoms with Crippen LogP contribution in [0.2, 0.25) is 0 Å². The highest BCUT2D eigenvalue weighted by molar-refractivity contribution is 7.98. The molecule has 4 rings (SSSR count). The van der Waals surface area contributed by atoms with Gasteiger partial charge in [-0.05, 0) is 30.5 Å². The third-order valence-corrected chi connectivity index (χ3v) is 6.25. The minimum Gasteiger partial charge on any atom is -0.493 e. The van der Waals surface area contributed by atoms with Gasteiger partial charge in [0.25, 0.3) is 0 Å². The fourth-order valence-electron chi connectivity index (χ4n) is 3.22. The van der Waals surface area contributed by atoms with Crippen molar-refractivity contribution in [2.75, 3.05) is 20.5 Å². The van der Waals surface area contributed by atoms with E-state index in [0.29, 0.717) is 28.0 Å². The van der Waals surface area contributed by atoms with Crippen molar-refractivity contribution in [3.8, 4) is 27.8 Å². The molecule has 0 aliphatic carbocycles. The maximum atomic E-state index is 12.8. The van der Waals surface area contributed by atoms with E-state index >= 15 is 0 Å². The molecule has 0 aliphatic heterocycles. The van der Waals surface area contributed by atoms with Crippen LogP contribution in [0.15, 0.2) is 65.3 Å². The summed E-state index contributed by atoms with van der Waals surface area (Å²) in [6.07, 6.45) is 3.45. The minimum absolute atomic E-state index is 0.0518. The molecule has 9 heteroatoms. The number of imidazole rings is 1. The van der Waals surface area contributed by atoms with Crippen molar-refractivity contribution in [2.24, 2.45) is 0 Å². The first-order valence-electron chi connectivity index (χ1n) is 9.66. The highest BCUT2D eigenvalue weighted by Gasteiger charge is 2.20. The van der Waals surface area contributed by atoms with Gasteiger partial charge in [-0.2, -0.15) is 0 Å². The average Bonchev–Trinajstić information content (AvgIpc) is 3.49. The molecule has 4 aromatic rings. The van der Waals surface area contributed by atoms with Gasteiger partial charge in [-0.15, -0.1) is 11.3 Å². The van der Waals surface area contributed by atoms with Crippen molar-refractivity contribution >= 4 is 29.1 Å². The standard InChI is InChI=1S/C23H21N3O4S2/c1-28-19-11-7-10-17(20(19)29-2)21-25-15(14-32-21)13-30-22(27)18-12-24-23(31-3)26(18)16-8-5-4-6-9-16/h4-12,14H,13H2,1-3H3. The topological polar surface area (TPSA) is 75.5 Å². The molecule has 0 atom stereocenters. The Kier molecular flexibility index (Phi) is 6.77. The maximum Gasteiger partial charge on any atom is 0.357 e. The number of methoxy groups -OCH3 is 2. The fourth-order valence-corrected chi connectivity index (χ4v) is 4.59. The Hall–Kier alpha value is -3.30. The largest absolute Gasteiger partial charge is 0.493 e. The number of ether oxygens (including phenoxy) is 3. The van der Waals surface area contributed by atoms with Crippen molar-refractivity contribution in [1.29, 1.82) is 0 Å². The summed E-state index contributed by atoms with van der Waals surface area (Å²) in [7, 11) is 3.19. The Labute approximate surface area is 194 Å². The Morgan fingerprint density at radius 1 is 1.09 bits per heavy atom. The van der Waals surface area contributed by atoms with Crippen LogP contribution in [0.5, 0.6) is 11.5 Å². The molecule has 0 fully saturated rings. The van der Waals surface area contributed by atoms with E-state index in [1.807, 2.05) is 60.2 Å². The van der Waals surface area contributed by atoms with E-state index in [2.05, 4.69) is 9.97 Å². The lowest BCUT2D eigenvalue weighted by atomic mass is 10.2. The first kappa shape index (κ1) is 21.9. The molecule has 2 aromatic heterocycles. The highest BCUT2D eigenvalue weighted by atomic mass is 32.2. The minimum atomic E-state index is -0.463. The Bertz CT molecular complexity index is 1220. The van der Waals surface area contributed by atoms with Crippen molar-refractivity contribution in [1.82, 2.24) is 14.5 Å². The molecule has 0 saturated heterocycles. The first-order chi connectivity index (χ1) is 15.7. The van der Waals surface area contributed by atoms with Crippen LogP contribution in [0.4, 0.5) is 0 Å². The van der Waals surface area contributed by atoms with Gasteiger partial charge in [0.05, 0.1) is 31.7 Å². The number of aromatic nitrogens is 3. The molecule has 0 radical (unpaired) electrons. The van der Waals surface area contributed by atoms with Gasteiger partial charge in [0, 0.05) is 11.1 Å². The molecule has 0 aliphatic rings. The van der Waals surface area contributed by atoms with Crippen LogP contribution in [0.3, 0.4) is 0 Å². The smallest absolute Gasteiger partial charge is 0.357 e. The Morgan fingerprint density at radius 2 is 1.91 bits per heavy atom. The number of hydrogen-bond donors (Lipinski definition) is 0. The monoisotopic (exact) mass is 467 g/mol. The summed E-state index contributed by atoms with van der Waals surface area (Å²) in [6.45, 7) is 0.0518. The Balaban J connectivity index is 1.53. The summed E-state index contributed by atoms with van der Waals surface area (Å²) in [5, 5.41) is 3.33. The number of rotatable bonds is 8. The SMILES string of the molecule is COc1cccc(-c2nc(COC(=O)c3cnc(SC)n3-c3ccccc3)cs2)c1OC. The first-order valence-corrected chi connectivity index (χ1v) is 11.8. The molecule has 2 heterocycles. The molecule has 0 amide bonds. The van der Waals surface area contributed by atoms with E-state index < -0.39 is 5.97 Å². The highest BCUT2D eigenvalue weighted by Crippen LogP contribution is 2.39. The van der Waals surface area contributed by atoms with E-state index in [0.717, 1.165) is 16.3 Å². The van der Waals surface area contributed by atoms with Crippen molar-refractivity contribution < 1.29 is 19.0 Å². The molecule has 0 spiro atoms. The van der Waals surface area contributed by atoms with Gasteiger partial charge in [0.2, 0.25) is 0 Å². The van der Waals surface area contributed by atoms with Crippen LogP contribution in [0, 0.1) is 0 Å². The van der Waals surface area contributed by atoms with Gasteiger partial charge in [-0.25, -0.2) is 14.8 Å². The zero-order valence-electron chi connectivity index (χ0n) is 17.8. The second-order valence-electron chi connectivity index (χ2n) is 6.56. The van der Waals surface area contributed by atoms with Crippen LogP contribution >= 0.6 is 23.1 Å². The third kappa shape index (κ3) is 4.35. The number of thiazole rings is 1. The summed E-state index contributed by atoms with van der Waals surface area (Å²) in [5.41, 5.74) is 2.69. The fraction of sp³-hybridized carbons (Fsp3) is 0.174. The summed E-state index contributed by atoms with van der Waals surface area (Å²) < 4.78 is 18.2. The van der Waals surface area contributed by atoms with Gasteiger partial charge in [-0.3, -0.25) is 4.57 Å². The molecule has 0 saturated carbocycles. The van der Waals surface area contributed by atoms with Crippen LogP contribution in [-0.4, -0.2) is 41.0 Å². The molecule has 2 aromatic carbocycles. The molecule has 32 heavy (non-hydrogen) atoms. The summed E-state index contributed by atoms with van der Waals surface area (Å²) in [4.78, 5) is 21.8. The molecular weight excluding hydrogens is 446 g/mol. The van der Waals surface area contributed by atoms with E-state index in [1.54, 1.807) is 18.8 Å². The predicted octanol–water partition coefficient (Wildman–Crippen LogP) is 5.09. The van der Waals surface area contributed by atoms with Crippen LogP contribution in [0.25, 0.3) is 16.3 Å². The average molecular weight is 468 g/mol. The molecule has 7 nitrogen and oxygen atoms in total. The summed E-state index contributed by atoms with van der Waals surface area (Å²) in [6, 6.07) is 15.2. The lowest BCUT2D eigenvalue weighted by molar-refractivity contribution is 0.0458. The van der Waals surface area contributed by atoms with Gasteiger partial charge in [-0.1, -0.05) is 36.0 Å². The number of hydrogen-bond acceptors (Lipinski definition) is 8. The van der Waals surface area contributed by atoms with Crippen LogP contribution in [-0.2, 0) is 11.3 Å². The molecule has 0 unspecified atom stereocenters. The quantitative estimate of drug-likeness (QED) is 0.264. The summed E-state index contributed by atoms with van der Waals surface area (Å²) in [5.74, 6) is 0.784. The predicted molar refractivity (Wildman–Crippen MR) is 125 cm³/mol. The number of para-hydroxylation sites is 2. The lowest BCUT2D eigenvalue weighted by Crippen LogP contribution is -2.12. The van der Waals surface area contributed by atoms with Gasteiger partial charge in [0.15, 0.2) is 22.3 Å². The van der Waals surface area contributed by atoms with E-state index in [9.17, 15) is 4.79 Å². The second-order valence-corrected chi connectivity index (χ2v) is 8.19. The lowest BCUT2D eigenvalue weighted by Gasteiger charge is -2.11. The summed E-state index contributed by atoms with van der Waals surface area (Å²) >= 11 is 2.91. The Morgan fingerprint density at radius 3 is 2.62 bits per heavy atom. The van der Waals surface area contributed by atoms with Gasteiger partial charge in [0.1, 0.15) is 11.6 Å². The normalized spacial score (nSPS) is 10.7. The van der Waals surface area contributed by atoms with E-state index in [-0.39, 0.29) is 6.61 Å². The molecule has 164 valence electrons. The number of thioether (sulfide) groups is 1. The van der Waals surface area contributed by atoms with Crippen LogP contribution in [0.1, 0.15) is 16.2 Å². The number of carbonyl (C=O) groups excluding carboxylic acids is 1. The number of nitrogens with zero attached hydrogens (tertiary/aromatic N) is 3. The zero-order valence-corrected chi connectivity index (χ0v) is 19.4. The van der Waals surface area contributed by atoms with Gasteiger partial charge >= 0.3 is 5.97 Å². The van der Waals surface area contributed by atoms with E-state index in [1.165, 1.54) is 29.3 Å². The van der Waals surface area contributed by atoms with Crippen molar-refractivity contribution in [2.45, 2.75) is 11.8 Å². The number of carbonyl (C=O) groups is 1. The molecular formula is C23H21N3O4S2. The third-order valence-electron chi connectivity index (χ3n) is 4.67. The van der Waals surface area contributed by atoms with Crippen molar-refractivity contribution in [3.05, 3.63) is 71.5 Å².